The van der Waals surface area contributed by atoms with Gasteiger partial charge in [0.05, 0.1) is 5.56 Å². The van der Waals surface area contributed by atoms with E-state index in [1.54, 1.807) is 11.3 Å². The summed E-state index contributed by atoms with van der Waals surface area (Å²) in [5.74, 6) is 1.81. The Morgan fingerprint density at radius 1 is 0.392 bits per heavy atom. The molecule has 0 radical (unpaired) electrons. The molecule has 7 aromatic carbocycles. The van der Waals surface area contributed by atoms with Crippen LogP contribution in [0.15, 0.2) is 160 Å². The van der Waals surface area contributed by atoms with E-state index >= 15 is 0 Å². The van der Waals surface area contributed by atoms with Crippen LogP contribution in [-0.2, 0) is 0 Å². The lowest BCUT2D eigenvalue weighted by atomic mass is 9.97. The van der Waals surface area contributed by atoms with E-state index in [0.717, 1.165) is 76.4 Å². The van der Waals surface area contributed by atoms with Crippen LogP contribution < -0.4 is 0 Å². The summed E-state index contributed by atoms with van der Waals surface area (Å²) in [6.45, 7) is 0. The molecule has 11 rings (SSSR count). The fraction of sp³-hybridized carbons (Fsp3) is 0. The summed E-state index contributed by atoms with van der Waals surface area (Å²) in [6.07, 6.45) is 0. The fourth-order valence-electron chi connectivity index (χ4n) is 7.41. The summed E-state index contributed by atoms with van der Waals surface area (Å²) in [4.78, 5) is 15.4. The largest absolute Gasteiger partial charge is 0.456 e. The molecular weight excluding hydrogens is 647 g/mol. The zero-order valence-corrected chi connectivity index (χ0v) is 27.8. The number of para-hydroxylation sites is 2. The molecule has 4 aromatic heterocycles. The first-order chi connectivity index (χ1) is 25.3. The molecule has 51 heavy (non-hydrogen) atoms. The number of thiophene rings is 1. The lowest BCUT2D eigenvalue weighted by molar-refractivity contribution is 0.669. The molecule has 0 aliphatic heterocycles. The van der Waals surface area contributed by atoms with Crippen LogP contribution in [0.1, 0.15) is 0 Å². The Kier molecular flexibility index (Phi) is 6.05. The van der Waals surface area contributed by atoms with Crippen LogP contribution in [0, 0.1) is 0 Å². The number of hydrogen-bond acceptors (Lipinski definition) is 6. The van der Waals surface area contributed by atoms with Crippen molar-refractivity contribution in [3.05, 3.63) is 152 Å². The molecule has 0 saturated carbocycles. The lowest BCUT2D eigenvalue weighted by Crippen LogP contribution is -2.00. The van der Waals surface area contributed by atoms with Gasteiger partial charge in [-0.25, -0.2) is 15.0 Å². The van der Waals surface area contributed by atoms with Gasteiger partial charge in [0, 0.05) is 52.8 Å². The SMILES string of the molecule is c1ccc(-c2nc(-c3cccc4c3oc3cccc(-c5ccc6oc7ccccc7c6c5)c34)nc(-c3cccc4c3sc3ccccc34)n2)cc1. The van der Waals surface area contributed by atoms with Crippen molar-refractivity contribution >= 4 is 75.4 Å². The van der Waals surface area contributed by atoms with Gasteiger partial charge in [-0.05, 0) is 53.6 Å². The Morgan fingerprint density at radius 3 is 1.94 bits per heavy atom. The maximum absolute atomic E-state index is 6.73. The van der Waals surface area contributed by atoms with Crippen molar-refractivity contribution in [2.24, 2.45) is 0 Å². The lowest BCUT2D eigenvalue weighted by Gasteiger charge is -2.09. The van der Waals surface area contributed by atoms with E-state index in [0.29, 0.717) is 17.5 Å². The van der Waals surface area contributed by atoms with Gasteiger partial charge in [0.2, 0.25) is 0 Å². The monoisotopic (exact) mass is 671 g/mol. The summed E-state index contributed by atoms with van der Waals surface area (Å²) in [5.41, 5.74) is 8.21. The number of rotatable bonds is 4. The van der Waals surface area contributed by atoms with Crippen molar-refractivity contribution in [3.63, 3.8) is 0 Å². The van der Waals surface area contributed by atoms with Crippen LogP contribution in [0.25, 0.3) is 109 Å². The van der Waals surface area contributed by atoms with Gasteiger partial charge in [-0.1, -0.05) is 109 Å². The predicted octanol–water partition coefficient (Wildman–Crippen LogP) is 12.7. The number of benzene rings is 7. The van der Waals surface area contributed by atoms with Crippen LogP contribution in [0.3, 0.4) is 0 Å². The number of furan rings is 2. The Bertz CT molecular complexity index is 3160. The van der Waals surface area contributed by atoms with Gasteiger partial charge in [0.25, 0.3) is 0 Å². The molecular formula is C45H25N3O2S. The van der Waals surface area contributed by atoms with Crippen molar-refractivity contribution in [3.8, 4) is 45.3 Å². The fourth-order valence-corrected chi connectivity index (χ4v) is 8.63. The van der Waals surface area contributed by atoms with Crippen molar-refractivity contribution < 1.29 is 8.83 Å². The molecule has 4 heterocycles. The number of nitrogens with zero attached hydrogens (tertiary/aromatic N) is 3. The van der Waals surface area contributed by atoms with Crippen molar-refractivity contribution in [2.45, 2.75) is 0 Å². The van der Waals surface area contributed by atoms with Crippen LogP contribution in [0.2, 0.25) is 0 Å². The number of fused-ring (bicyclic) bond motifs is 9. The second-order valence-electron chi connectivity index (χ2n) is 12.7. The van der Waals surface area contributed by atoms with Crippen LogP contribution in [-0.4, -0.2) is 15.0 Å². The van der Waals surface area contributed by atoms with E-state index in [9.17, 15) is 0 Å². The van der Waals surface area contributed by atoms with E-state index in [1.807, 2.05) is 54.6 Å². The maximum Gasteiger partial charge on any atom is 0.167 e. The van der Waals surface area contributed by atoms with E-state index in [2.05, 4.69) is 97.1 Å². The molecule has 5 nitrogen and oxygen atoms in total. The topological polar surface area (TPSA) is 65.0 Å². The van der Waals surface area contributed by atoms with Gasteiger partial charge < -0.3 is 8.83 Å². The highest BCUT2D eigenvalue weighted by Gasteiger charge is 2.21. The maximum atomic E-state index is 6.73. The molecule has 0 amide bonds. The van der Waals surface area contributed by atoms with Crippen molar-refractivity contribution in [2.75, 3.05) is 0 Å². The molecule has 0 aliphatic carbocycles. The zero-order valence-electron chi connectivity index (χ0n) is 27.0. The highest BCUT2D eigenvalue weighted by atomic mass is 32.1. The quantitative estimate of drug-likeness (QED) is 0.186. The number of aromatic nitrogens is 3. The van der Waals surface area contributed by atoms with E-state index < -0.39 is 0 Å². The predicted molar refractivity (Wildman–Crippen MR) is 209 cm³/mol. The first-order valence-electron chi connectivity index (χ1n) is 16.9. The summed E-state index contributed by atoms with van der Waals surface area (Å²) in [5, 5.41) is 6.68. The average molecular weight is 672 g/mol. The minimum atomic E-state index is 0.564. The third kappa shape index (κ3) is 4.37. The first kappa shape index (κ1) is 28.2. The second-order valence-corrected chi connectivity index (χ2v) is 13.8. The Morgan fingerprint density at radius 2 is 1.04 bits per heavy atom. The standard InChI is InChI=1S/C45H25N3O2S/c1-2-11-26(12-3-1)43-46-44(48-45(47-43)34-19-8-16-31-30-14-5-7-22-39(30)51-42(31)34)33-18-9-17-32-40-28(15-10-21-38(40)50-41(32)33)27-23-24-37-35(25-27)29-13-4-6-20-36(29)49-37/h1-25H. The summed E-state index contributed by atoms with van der Waals surface area (Å²) in [7, 11) is 0. The molecule has 0 saturated heterocycles. The van der Waals surface area contributed by atoms with Gasteiger partial charge in [-0.3, -0.25) is 0 Å². The molecule has 6 heteroatoms. The third-order valence-electron chi connectivity index (χ3n) is 9.76. The summed E-state index contributed by atoms with van der Waals surface area (Å²) < 4.78 is 15.3. The molecule has 0 bridgehead atoms. The van der Waals surface area contributed by atoms with E-state index in [-0.39, 0.29) is 0 Å². The summed E-state index contributed by atoms with van der Waals surface area (Å²) >= 11 is 1.77. The third-order valence-corrected chi connectivity index (χ3v) is 11.0. The summed E-state index contributed by atoms with van der Waals surface area (Å²) in [6, 6.07) is 52.1. The van der Waals surface area contributed by atoms with Crippen molar-refractivity contribution in [1.82, 2.24) is 15.0 Å². The molecule has 0 unspecified atom stereocenters. The highest BCUT2D eigenvalue weighted by molar-refractivity contribution is 7.26. The van der Waals surface area contributed by atoms with Gasteiger partial charge >= 0.3 is 0 Å². The molecule has 11 aromatic rings. The molecule has 0 fully saturated rings. The molecule has 0 atom stereocenters. The van der Waals surface area contributed by atoms with Gasteiger partial charge in [0.15, 0.2) is 17.5 Å². The van der Waals surface area contributed by atoms with Crippen LogP contribution >= 0.6 is 11.3 Å². The Labute approximate surface area is 295 Å². The molecule has 0 aliphatic rings. The Hall–Kier alpha value is -6.63. The molecule has 238 valence electrons. The minimum Gasteiger partial charge on any atom is -0.456 e. The number of hydrogen-bond donors (Lipinski definition) is 0. The minimum absolute atomic E-state index is 0.564. The van der Waals surface area contributed by atoms with Crippen LogP contribution in [0.4, 0.5) is 0 Å². The smallest absolute Gasteiger partial charge is 0.167 e. The molecule has 0 N–H and O–H groups in total. The van der Waals surface area contributed by atoms with Gasteiger partial charge in [0.1, 0.15) is 22.3 Å². The second kappa shape index (κ2) is 10.9. The zero-order chi connectivity index (χ0) is 33.5. The molecule has 0 spiro atoms. The average Bonchev–Trinajstić information content (AvgIpc) is 3.89. The first-order valence-corrected chi connectivity index (χ1v) is 17.7. The van der Waals surface area contributed by atoms with E-state index in [4.69, 9.17) is 23.8 Å². The van der Waals surface area contributed by atoms with Gasteiger partial charge in [-0.15, -0.1) is 11.3 Å². The van der Waals surface area contributed by atoms with Crippen LogP contribution in [0.5, 0.6) is 0 Å². The van der Waals surface area contributed by atoms with Crippen molar-refractivity contribution in [1.29, 1.82) is 0 Å². The van der Waals surface area contributed by atoms with E-state index in [1.165, 1.54) is 15.5 Å². The Balaban J connectivity index is 1.14. The highest BCUT2D eigenvalue weighted by Crippen LogP contribution is 2.43. The van der Waals surface area contributed by atoms with Gasteiger partial charge in [-0.2, -0.15) is 0 Å². The normalized spacial score (nSPS) is 11.9.